The van der Waals surface area contributed by atoms with E-state index in [1.54, 1.807) is 0 Å². The summed E-state index contributed by atoms with van der Waals surface area (Å²) in [5.41, 5.74) is 0.933. The van der Waals surface area contributed by atoms with Gasteiger partial charge >= 0.3 is 0 Å². The molecule has 0 spiro atoms. The SMILES string of the molecule is CCC1(c2ccc3ccccc3c2Cl)OCCO1. The number of halogens is 1. The van der Waals surface area contributed by atoms with Crippen molar-refractivity contribution in [3.05, 3.63) is 47.0 Å². The van der Waals surface area contributed by atoms with E-state index < -0.39 is 5.79 Å². The Labute approximate surface area is 111 Å². The fourth-order valence-electron chi connectivity index (χ4n) is 2.53. The minimum atomic E-state index is -0.666. The lowest BCUT2D eigenvalue weighted by Gasteiger charge is -2.27. The molecule has 0 radical (unpaired) electrons. The van der Waals surface area contributed by atoms with Crippen LogP contribution in [0.15, 0.2) is 36.4 Å². The van der Waals surface area contributed by atoms with Gasteiger partial charge in [-0.15, -0.1) is 0 Å². The van der Waals surface area contributed by atoms with Gasteiger partial charge in [-0.25, -0.2) is 0 Å². The molecule has 1 saturated heterocycles. The van der Waals surface area contributed by atoms with Crippen LogP contribution in [0.1, 0.15) is 18.9 Å². The lowest BCUT2D eigenvalue weighted by atomic mass is 9.99. The van der Waals surface area contributed by atoms with Gasteiger partial charge in [-0.1, -0.05) is 54.9 Å². The van der Waals surface area contributed by atoms with Crippen LogP contribution in [0.5, 0.6) is 0 Å². The molecule has 0 N–H and O–H groups in total. The van der Waals surface area contributed by atoms with Gasteiger partial charge in [0.25, 0.3) is 0 Å². The molecular weight excluding hydrogens is 248 g/mol. The summed E-state index contributed by atoms with van der Waals surface area (Å²) < 4.78 is 11.6. The van der Waals surface area contributed by atoms with Crippen molar-refractivity contribution in [2.24, 2.45) is 0 Å². The van der Waals surface area contributed by atoms with Gasteiger partial charge in [-0.3, -0.25) is 0 Å². The molecule has 2 nitrogen and oxygen atoms in total. The first-order chi connectivity index (χ1) is 8.77. The van der Waals surface area contributed by atoms with Gasteiger partial charge in [0.05, 0.1) is 18.2 Å². The summed E-state index contributed by atoms with van der Waals surface area (Å²) in [5.74, 6) is -0.666. The summed E-state index contributed by atoms with van der Waals surface area (Å²) in [6.07, 6.45) is 0.755. The molecule has 0 atom stereocenters. The van der Waals surface area contributed by atoms with Crippen molar-refractivity contribution in [3.63, 3.8) is 0 Å². The third-order valence-corrected chi connectivity index (χ3v) is 3.90. The number of fused-ring (bicyclic) bond motifs is 1. The average molecular weight is 263 g/mol. The van der Waals surface area contributed by atoms with Gasteiger partial charge in [0.2, 0.25) is 0 Å². The zero-order chi connectivity index (χ0) is 12.6. The summed E-state index contributed by atoms with van der Waals surface area (Å²) in [6.45, 7) is 3.30. The van der Waals surface area contributed by atoms with Crippen LogP contribution in [0.25, 0.3) is 10.8 Å². The molecule has 1 aliphatic heterocycles. The molecule has 2 aromatic carbocycles. The molecule has 18 heavy (non-hydrogen) atoms. The highest BCUT2D eigenvalue weighted by molar-refractivity contribution is 6.36. The summed E-state index contributed by atoms with van der Waals surface area (Å²) in [4.78, 5) is 0. The maximum Gasteiger partial charge on any atom is 0.196 e. The van der Waals surface area contributed by atoms with Crippen molar-refractivity contribution in [1.82, 2.24) is 0 Å². The molecule has 0 bridgehead atoms. The summed E-state index contributed by atoms with van der Waals surface area (Å²) in [5, 5.41) is 2.91. The van der Waals surface area contributed by atoms with Gasteiger partial charge in [0.15, 0.2) is 5.79 Å². The fourth-order valence-corrected chi connectivity index (χ4v) is 2.91. The lowest BCUT2D eigenvalue weighted by molar-refractivity contribution is -0.167. The summed E-state index contributed by atoms with van der Waals surface area (Å²) in [7, 11) is 0. The number of hydrogen-bond donors (Lipinski definition) is 0. The normalized spacial score (nSPS) is 18.3. The zero-order valence-electron chi connectivity index (χ0n) is 10.3. The molecule has 3 rings (SSSR count). The van der Waals surface area contributed by atoms with Crippen LogP contribution in [0.3, 0.4) is 0 Å². The monoisotopic (exact) mass is 262 g/mol. The highest BCUT2D eigenvalue weighted by Crippen LogP contribution is 2.41. The maximum atomic E-state index is 6.53. The second kappa shape index (κ2) is 4.54. The highest BCUT2D eigenvalue weighted by atomic mass is 35.5. The Morgan fingerprint density at radius 2 is 1.83 bits per heavy atom. The molecule has 1 aliphatic rings. The highest BCUT2D eigenvalue weighted by Gasteiger charge is 2.38. The number of hydrogen-bond acceptors (Lipinski definition) is 2. The van der Waals surface area contributed by atoms with Crippen LogP contribution >= 0.6 is 11.6 Å². The van der Waals surface area contributed by atoms with Gasteiger partial charge < -0.3 is 9.47 Å². The van der Waals surface area contributed by atoms with Crippen molar-refractivity contribution < 1.29 is 9.47 Å². The standard InChI is InChI=1S/C15H15ClO2/c1-2-15(17-9-10-18-15)13-8-7-11-5-3-4-6-12(11)14(13)16/h3-8H,2,9-10H2,1H3. The van der Waals surface area contributed by atoms with E-state index in [0.717, 1.165) is 27.8 Å². The first-order valence-electron chi connectivity index (χ1n) is 6.22. The molecule has 0 unspecified atom stereocenters. The van der Waals surface area contributed by atoms with Crippen molar-refractivity contribution in [1.29, 1.82) is 0 Å². The third-order valence-electron chi connectivity index (χ3n) is 3.49. The summed E-state index contributed by atoms with van der Waals surface area (Å²) >= 11 is 6.53. The Morgan fingerprint density at radius 3 is 2.56 bits per heavy atom. The Bertz CT molecular complexity index is 574. The Kier molecular flexibility index (Phi) is 3.02. The van der Waals surface area contributed by atoms with Crippen molar-refractivity contribution >= 4 is 22.4 Å². The molecule has 0 aliphatic carbocycles. The van der Waals surface area contributed by atoms with Gasteiger partial charge in [0, 0.05) is 17.4 Å². The lowest BCUT2D eigenvalue weighted by Crippen LogP contribution is -2.26. The molecule has 94 valence electrons. The maximum absolute atomic E-state index is 6.53. The Balaban J connectivity index is 2.20. The Hall–Kier alpha value is -1.09. The molecule has 3 heteroatoms. The van der Waals surface area contributed by atoms with Gasteiger partial charge in [0.1, 0.15) is 0 Å². The van der Waals surface area contributed by atoms with E-state index in [1.807, 2.05) is 24.3 Å². The van der Waals surface area contributed by atoms with E-state index in [0.29, 0.717) is 13.2 Å². The topological polar surface area (TPSA) is 18.5 Å². The zero-order valence-corrected chi connectivity index (χ0v) is 11.0. The van der Waals surface area contributed by atoms with Crippen LogP contribution < -0.4 is 0 Å². The summed E-state index contributed by atoms with van der Waals surface area (Å²) in [6, 6.07) is 12.2. The first kappa shape index (κ1) is 12.0. The first-order valence-corrected chi connectivity index (χ1v) is 6.60. The van der Waals surface area contributed by atoms with Crippen molar-refractivity contribution in [2.45, 2.75) is 19.1 Å². The van der Waals surface area contributed by atoms with E-state index in [-0.39, 0.29) is 0 Å². The second-order valence-corrected chi connectivity index (χ2v) is 4.83. The van der Waals surface area contributed by atoms with Crippen molar-refractivity contribution in [3.8, 4) is 0 Å². The van der Waals surface area contributed by atoms with E-state index in [2.05, 4.69) is 19.1 Å². The van der Waals surface area contributed by atoms with Crippen molar-refractivity contribution in [2.75, 3.05) is 13.2 Å². The minimum absolute atomic E-state index is 0.622. The molecule has 2 aromatic rings. The van der Waals surface area contributed by atoms with Crippen LogP contribution in [0.2, 0.25) is 5.02 Å². The molecule has 0 aromatic heterocycles. The van der Waals surface area contributed by atoms with Gasteiger partial charge in [-0.05, 0) is 5.39 Å². The van der Waals surface area contributed by atoms with E-state index in [1.165, 1.54) is 0 Å². The van der Waals surface area contributed by atoms with Gasteiger partial charge in [-0.2, -0.15) is 0 Å². The quantitative estimate of drug-likeness (QED) is 0.811. The average Bonchev–Trinajstić information content (AvgIpc) is 2.89. The smallest absolute Gasteiger partial charge is 0.196 e. The van der Waals surface area contributed by atoms with E-state index in [4.69, 9.17) is 21.1 Å². The Morgan fingerprint density at radius 1 is 1.11 bits per heavy atom. The molecule has 1 heterocycles. The molecule has 0 saturated carbocycles. The largest absolute Gasteiger partial charge is 0.343 e. The number of benzene rings is 2. The van der Waals surface area contributed by atoms with Crippen LogP contribution in [-0.2, 0) is 15.3 Å². The second-order valence-electron chi connectivity index (χ2n) is 4.45. The minimum Gasteiger partial charge on any atom is -0.343 e. The van der Waals surface area contributed by atoms with E-state index in [9.17, 15) is 0 Å². The van der Waals surface area contributed by atoms with Crippen LogP contribution in [0, 0.1) is 0 Å². The van der Waals surface area contributed by atoms with Crippen LogP contribution in [0.4, 0.5) is 0 Å². The van der Waals surface area contributed by atoms with Crippen LogP contribution in [-0.4, -0.2) is 13.2 Å². The molecule has 0 amide bonds. The van der Waals surface area contributed by atoms with E-state index >= 15 is 0 Å². The fraction of sp³-hybridized carbons (Fsp3) is 0.333. The predicted octanol–water partition coefficient (Wildman–Crippen LogP) is 4.10. The number of rotatable bonds is 2. The molecular formula is C15H15ClO2. The predicted molar refractivity (Wildman–Crippen MR) is 72.8 cm³/mol. The third kappa shape index (κ3) is 1.72. The number of ether oxygens (including phenoxy) is 2. The molecule has 1 fully saturated rings.